The standard InChI is InChI=1S/C23H25N3O2S/c1-26(15-17-7-6-16-4-2-3-5-19(16)25-17)22(27)21-14-18-20(29-21)8-13-28-23(18)9-11-24-12-10-23/h2-7,14,24H,8-13,15H2,1H3. The molecule has 150 valence electrons. The van der Waals surface area contributed by atoms with E-state index in [1.165, 1.54) is 10.4 Å². The highest BCUT2D eigenvalue weighted by atomic mass is 32.1. The Morgan fingerprint density at radius 2 is 2.07 bits per heavy atom. The molecule has 2 aromatic heterocycles. The molecular weight excluding hydrogens is 382 g/mol. The zero-order chi connectivity index (χ0) is 19.8. The first kappa shape index (κ1) is 18.7. The van der Waals surface area contributed by atoms with Gasteiger partial charge in [0.15, 0.2) is 0 Å². The first-order valence-electron chi connectivity index (χ1n) is 10.2. The van der Waals surface area contributed by atoms with E-state index in [2.05, 4.69) is 23.5 Å². The Kier molecular flexibility index (Phi) is 4.86. The third-order valence-electron chi connectivity index (χ3n) is 6.03. The molecule has 1 fully saturated rings. The Morgan fingerprint density at radius 1 is 1.24 bits per heavy atom. The number of benzene rings is 1. The Hall–Kier alpha value is -2.28. The number of hydrogen-bond donors (Lipinski definition) is 1. The number of carbonyl (C=O) groups excluding carboxylic acids is 1. The van der Waals surface area contributed by atoms with E-state index in [0.717, 1.165) is 60.4 Å². The smallest absolute Gasteiger partial charge is 0.264 e. The summed E-state index contributed by atoms with van der Waals surface area (Å²) in [7, 11) is 1.86. The van der Waals surface area contributed by atoms with E-state index in [4.69, 9.17) is 9.72 Å². The molecule has 5 rings (SSSR count). The monoisotopic (exact) mass is 407 g/mol. The summed E-state index contributed by atoms with van der Waals surface area (Å²) in [4.78, 5) is 21.8. The van der Waals surface area contributed by atoms with E-state index >= 15 is 0 Å². The number of amides is 1. The molecule has 1 spiro atoms. The molecule has 1 N–H and O–H groups in total. The van der Waals surface area contributed by atoms with Crippen molar-refractivity contribution in [2.75, 3.05) is 26.7 Å². The molecule has 29 heavy (non-hydrogen) atoms. The number of ether oxygens (including phenoxy) is 1. The van der Waals surface area contributed by atoms with Gasteiger partial charge in [0.25, 0.3) is 5.91 Å². The summed E-state index contributed by atoms with van der Waals surface area (Å²) in [5, 5.41) is 4.53. The molecule has 0 unspecified atom stereocenters. The van der Waals surface area contributed by atoms with Crippen LogP contribution in [0.25, 0.3) is 10.9 Å². The van der Waals surface area contributed by atoms with Crippen LogP contribution in [0.2, 0.25) is 0 Å². The molecule has 3 aromatic rings. The van der Waals surface area contributed by atoms with Gasteiger partial charge in [-0.2, -0.15) is 0 Å². The SMILES string of the molecule is CN(Cc1ccc2ccccc2n1)C(=O)c1cc2c(s1)CCOC21CCNCC1. The van der Waals surface area contributed by atoms with Gasteiger partial charge in [0, 0.05) is 23.7 Å². The minimum Gasteiger partial charge on any atom is -0.370 e. The minimum atomic E-state index is -0.202. The number of rotatable bonds is 3. The van der Waals surface area contributed by atoms with Gasteiger partial charge in [0.2, 0.25) is 0 Å². The van der Waals surface area contributed by atoms with Gasteiger partial charge in [-0.25, -0.2) is 0 Å². The summed E-state index contributed by atoms with van der Waals surface area (Å²) >= 11 is 1.64. The fraction of sp³-hybridized carbons (Fsp3) is 0.391. The van der Waals surface area contributed by atoms with Crippen LogP contribution in [-0.4, -0.2) is 42.5 Å². The van der Waals surface area contributed by atoms with E-state index in [1.807, 2.05) is 31.3 Å². The Balaban J connectivity index is 1.37. The lowest BCUT2D eigenvalue weighted by Crippen LogP contribution is -2.44. The minimum absolute atomic E-state index is 0.0587. The average molecular weight is 408 g/mol. The molecular formula is C23H25N3O2S. The van der Waals surface area contributed by atoms with Crippen molar-refractivity contribution in [1.82, 2.24) is 15.2 Å². The number of fused-ring (bicyclic) bond motifs is 3. The van der Waals surface area contributed by atoms with Gasteiger partial charge in [0.05, 0.1) is 34.8 Å². The predicted molar refractivity (Wildman–Crippen MR) is 115 cm³/mol. The average Bonchev–Trinajstić information content (AvgIpc) is 3.20. The van der Waals surface area contributed by atoms with E-state index in [1.54, 1.807) is 16.2 Å². The van der Waals surface area contributed by atoms with Gasteiger partial charge >= 0.3 is 0 Å². The molecule has 4 heterocycles. The van der Waals surface area contributed by atoms with Gasteiger partial charge in [-0.15, -0.1) is 11.3 Å². The van der Waals surface area contributed by atoms with Gasteiger partial charge in [-0.05, 0) is 49.7 Å². The number of pyridine rings is 1. The van der Waals surface area contributed by atoms with E-state index in [0.29, 0.717) is 6.54 Å². The maximum Gasteiger partial charge on any atom is 0.264 e. The van der Waals surface area contributed by atoms with Crippen LogP contribution in [0.4, 0.5) is 0 Å². The summed E-state index contributed by atoms with van der Waals surface area (Å²) in [6, 6.07) is 14.2. The number of hydrogen-bond acceptors (Lipinski definition) is 5. The first-order chi connectivity index (χ1) is 14.1. The molecule has 1 saturated heterocycles. The van der Waals surface area contributed by atoms with Crippen LogP contribution in [0.15, 0.2) is 42.5 Å². The van der Waals surface area contributed by atoms with Gasteiger partial charge in [-0.3, -0.25) is 9.78 Å². The fourth-order valence-corrected chi connectivity index (χ4v) is 5.69. The zero-order valence-corrected chi connectivity index (χ0v) is 17.4. The number of nitrogens with one attached hydrogen (secondary N) is 1. The van der Waals surface area contributed by atoms with Gasteiger partial charge < -0.3 is 15.0 Å². The molecule has 2 aliphatic rings. The second-order valence-corrected chi connectivity index (χ2v) is 9.08. The highest BCUT2D eigenvalue weighted by Gasteiger charge is 2.40. The van der Waals surface area contributed by atoms with Crippen molar-refractivity contribution >= 4 is 28.1 Å². The molecule has 5 nitrogen and oxygen atoms in total. The Bertz CT molecular complexity index is 1060. The molecule has 2 aliphatic heterocycles. The van der Waals surface area contributed by atoms with E-state index in [-0.39, 0.29) is 11.5 Å². The quantitative estimate of drug-likeness (QED) is 0.719. The number of carbonyl (C=O) groups is 1. The molecule has 1 amide bonds. The maximum absolute atomic E-state index is 13.2. The van der Waals surface area contributed by atoms with Crippen LogP contribution in [0, 0.1) is 0 Å². The topological polar surface area (TPSA) is 54.5 Å². The van der Waals surface area contributed by atoms with Crippen LogP contribution in [0.5, 0.6) is 0 Å². The van der Waals surface area contributed by atoms with Crippen LogP contribution in [-0.2, 0) is 23.3 Å². The fourth-order valence-electron chi connectivity index (χ4n) is 4.47. The lowest BCUT2D eigenvalue weighted by Gasteiger charge is -2.40. The summed E-state index contributed by atoms with van der Waals surface area (Å²) in [6.45, 7) is 3.17. The molecule has 6 heteroatoms. The van der Waals surface area contributed by atoms with Crippen molar-refractivity contribution < 1.29 is 9.53 Å². The first-order valence-corrected chi connectivity index (χ1v) is 11.0. The Morgan fingerprint density at radius 3 is 2.93 bits per heavy atom. The lowest BCUT2D eigenvalue weighted by molar-refractivity contribution is -0.0792. The highest BCUT2D eigenvalue weighted by Crippen LogP contribution is 2.43. The van der Waals surface area contributed by atoms with E-state index < -0.39 is 0 Å². The number of para-hydroxylation sites is 1. The van der Waals surface area contributed by atoms with Gasteiger partial charge in [-0.1, -0.05) is 24.3 Å². The lowest BCUT2D eigenvalue weighted by atomic mass is 9.83. The molecule has 0 bridgehead atoms. The number of thiophene rings is 1. The summed E-state index contributed by atoms with van der Waals surface area (Å²) in [5.41, 5.74) is 2.91. The third-order valence-corrected chi connectivity index (χ3v) is 7.21. The highest BCUT2D eigenvalue weighted by molar-refractivity contribution is 7.14. The normalized spacial score (nSPS) is 18.0. The van der Waals surface area contributed by atoms with Crippen LogP contribution < -0.4 is 5.32 Å². The second kappa shape index (κ2) is 7.52. The van der Waals surface area contributed by atoms with Crippen molar-refractivity contribution in [1.29, 1.82) is 0 Å². The second-order valence-electron chi connectivity index (χ2n) is 7.95. The summed E-state index contributed by atoms with van der Waals surface area (Å²) < 4.78 is 6.25. The molecule has 1 aromatic carbocycles. The largest absolute Gasteiger partial charge is 0.370 e. The molecule has 0 aliphatic carbocycles. The third kappa shape index (κ3) is 3.45. The van der Waals surface area contributed by atoms with Crippen LogP contribution in [0.3, 0.4) is 0 Å². The van der Waals surface area contributed by atoms with Gasteiger partial charge in [0.1, 0.15) is 0 Å². The predicted octanol–water partition coefficient (Wildman–Crippen LogP) is 3.72. The number of piperidine rings is 1. The van der Waals surface area contributed by atoms with Crippen LogP contribution in [0.1, 0.15) is 38.6 Å². The van der Waals surface area contributed by atoms with E-state index in [9.17, 15) is 4.79 Å². The van der Waals surface area contributed by atoms with Crippen molar-refractivity contribution in [2.45, 2.75) is 31.4 Å². The number of nitrogens with zero attached hydrogens (tertiary/aromatic N) is 2. The zero-order valence-electron chi connectivity index (χ0n) is 16.6. The maximum atomic E-state index is 13.2. The molecule has 0 radical (unpaired) electrons. The molecule has 0 saturated carbocycles. The number of aromatic nitrogens is 1. The molecule has 0 atom stereocenters. The van der Waals surface area contributed by atoms with Crippen molar-refractivity contribution in [3.63, 3.8) is 0 Å². The van der Waals surface area contributed by atoms with Crippen molar-refractivity contribution in [3.05, 3.63) is 63.5 Å². The van der Waals surface area contributed by atoms with Crippen molar-refractivity contribution in [3.8, 4) is 0 Å². The van der Waals surface area contributed by atoms with Crippen molar-refractivity contribution in [2.24, 2.45) is 0 Å². The summed E-state index contributed by atoms with van der Waals surface area (Å²) in [6.07, 6.45) is 2.85. The Labute approximate surface area is 174 Å². The van der Waals surface area contributed by atoms with Crippen LogP contribution >= 0.6 is 11.3 Å². The summed E-state index contributed by atoms with van der Waals surface area (Å²) in [5.74, 6) is 0.0587.